The van der Waals surface area contributed by atoms with E-state index < -0.39 is 18.3 Å². The molecule has 2 aromatic carbocycles. The topological polar surface area (TPSA) is 32.3 Å². The Balaban J connectivity index is 2.18. The van der Waals surface area contributed by atoms with Gasteiger partial charge in [-0.25, -0.2) is 0 Å². The summed E-state index contributed by atoms with van der Waals surface area (Å²) >= 11 is 0. The van der Waals surface area contributed by atoms with Crippen LogP contribution in [0.15, 0.2) is 54.6 Å². The fourth-order valence-corrected chi connectivity index (χ4v) is 2.76. The van der Waals surface area contributed by atoms with Crippen LogP contribution in [0.5, 0.6) is 0 Å². The maximum atomic E-state index is 13.4. The predicted octanol–water partition coefficient (Wildman–Crippen LogP) is 4.75. The molecule has 2 atom stereocenters. The standard InChI is InChI=1S/C21H22F3NO/c1-15(13-14-26)7-5-12-20(21(22,23)24)25-16(2)18-11-6-9-17-8-3-4-10-19(17)18/h3-4,6,8-11,16,20,25-26H,1,12-14H2,2H3/t16-,20-/m1/s1. The van der Waals surface area contributed by atoms with E-state index in [0.29, 0.717) is 5.57 Å². The van der Waals surface area contributed by atoms with E-state index in [2.05, 4.69) is 23.7 Å². The molecule has 0 aliphatic heterocycles. The predicted molar refractivity (Wildman–Crippen MR) is 98.6 cm³/mol. The maximum Gasteiger partial charge on any atom is 0.404 e. The first kappa shape index (κ1) is 20.0. The number of rotatable bonds is 6. The summed E-state index contributed by atoms with van der Waals surface area (Å²) in [6.07, 6.45) is -4.52. The van der Waals surface area contributed by atoms with Gasteiger partial charge in [-0.15, -0.1) is 0 Å². The Labute approximate surface area is 151 Å². The Bertz CT molecular complexity index is 812. The Morgan fingerprint density at radius 3 is 2.58 bits per heavy atom. The van der Waals surface area contributed by atoms with E-state index in [4.69, 9.17) is 5.11 Å². The van der Waals surface area contributed by atoms with Gasteiger partial charge in [0.25, 0.3) is 0 Å². The lowest BCUT2D eigenvalue weighted by molar-refractivity contribution is -0.156. The fraction of sp³-hybridized carbons (Fsp3) is 0.333. The number of fused-ring (bicyclic) bond motifs is 1. The summed E-state index contributed by atoms with van der Waals surface area (Å²) in [5.74, 6) is 5.11. The monoisotopic (exact) mass is 361 g/mol. The first-order valence-corrected chi connectivity index (χ1v) is 8.41. The van der Waals surface area contributed by atoms with Gasteiger partial charge in [-0.05, 0) is 28.8 Å². The molecule has 0 bridgehead atoms. The Hall–Kier alpha value is -2.29. The van der Waals surface area contributed by atoms with Crippen LogP contribution < -0.4 is 5.32 Å². The molecule has 138 valence electrons. The van der Waals surface area contributed by atoms with E-state index in [1.807, 2.05) is 42.5 Å². The lowest BCUT2D eigenvalue weighted by Gasteiger charge is -2.25. The van der Waals surface area contributed by atoms with Crippen LogP contribution in [0.3, 0.4) is 0 Å². The summed E-state index contributed by atoms with van der Waals surface area (Å²) in [6.45, 7) is 5.21. The molecule has 0 heterocycles. The lowest BCUT2D eigenvalue weighted by Crippen LogP contribution is -2.43. The van der Waals surface area contributed by atoms with Gasteiger partial charge in [0.15, 0.2) is 0 Å². The molecule has 26 heavy (non-hydrogen) atoms. The van der Waals surface area contributed by atoms with Crippen molar-refractivity contribution in [2.24, 2.45) is 0 Å². The molecule has 0 saturated heterocycles. The number of alkyl halides is 3. The number of halogens is 3. The third kappa shape index (κ3) is 5.35. The summed E-state index contributed by atoms with van der Waals surface area (Å²) in [6, 6.07) is 11.0. The van der Waals surface area contributed by atoms with Crippen molar-refractivity contribution in [2.75, 3.05) is 6.61 Å². The summed E-state index contributed by atoms with van der Waals surface area (Å²) < 4.78 is 40.2. The van der Waals surface area contributed by atoms with Crippen LogP contribution in [0.4, 0.5) is 13.2 Å². The van der Waals surface area contributed by atoms with Gasteiger partial charge in [-0.1, -0.05) is 60.9 Å². The first-order valence-electron chi connectivity index (χ1n) is 8.41. The molecule has 0 aromatic heterocycles. The van der Waals surface area contributed by atoms with Crippen molar-refractivity contribution in [3.05, 3.63) is 60.2 Å². The Morgan fingerprint density at radius 1 is 1.19 bits per heavy atom. The van der Waals surface area contributed by atoms with E-state index in [9.17, 15) is 13.2 Å². The summed E-state index contributed by atoms with van der Waals surface area (Å²) in [7, 11) is 0. The summed E-state index contributed by atoms with van der Waals surface area (Å²) in [5.41, 5.74) is 1.24. The van der Waals surface area contributed by atoms with E-state index in [-0.39, 0.29) is 19.4 Å². The Morgan fingerprint density at radius 2 is 1.88 bits per heavy atom. The molecule has 5 heteroatoms. The highest BCUT2D eigenvalue weighted by atomic mass is 19.4. The van der Waals surface area contributed by atoms with Crippen LogP contribution in [-0.4, -0.2) is 23.9 Å². The minimum absolute atomic E-state index is 0.118. The van der Waals surface area contributed by atoms with Crippen molar-refractivity contribution < 1.29 is 18.3 Å². The highest BCUT2D eigenvalue weighted by Gasteiger charge is 2.39. The molecule has 0 aliphatic rings. The van der Waals surface area contributed by atoms with E-state index in [1.165, 1.54) is 0 Å². The molecule has 0 amide bonds. The average molecular weight is 361 g/mol. The highest BCUT2D eigenvalue weighted by Crippen LogP contribution is 2.28. The van der Waals surface area contributed by atoms with Crippen molar-refractivity contribution in [1.29, 1.82) is 0 Å². The van der Waals surface area contributed by atoms with Crippen LogP contribution >= 0.6 is 0 Å². The van der Waals surface area contributed by atoms with Gasteiger partial charge in [0, 0.05) is 25.5 Å². The highest BCUT2D eigenvalue weighted by molar-refractivity contribution is 5.86. The van der Waals surface area contributed by atoms with Gasteiger partial charge in [0.2, 0.25) is 0 Å². The molecule has 0 spiro atoms. The third-order valence-electron chi connectivity index (χ3n) is 4.12. The van der Waals surface area contributed by atoms with Crippen molar-refractivity contribution in [1.82, 2.24) is 5.32 Å². The molecule has 0 unspecified atom stereocenters. The lowest BCUT2D eigenvalue weighted by atomic mass is 9.98. The van der Waals surface area contributed by atoms with Crippen molar-refractivity contribution in [3.8, 4) is 11.8 Å². The van der Waals surface area contributed by atoms with E-state index in [0.717, 1.165) is 16.3 Å². The maximum absolute atomic E-state index is 13.4. The smallest absolute Gasteiger partial charge is 0.396 e. The summed E-state index contributed by atoms with van der Waals surface area (Å²) in [4.78, 5) is 0. The van der Waals surface area contributed by atoms with Crippen molar-refractivity contribution >= 4 is 10.8 Å². The molecule has 0 radical (unpaired) electrons. The Kier molecular flexibility index (Phi) is 6.84. The zero-order valence-electron chi connectivity index (χ0n) is 14.6. The second kappa shape index (κ2) is 8.88. The van der Waals surface area contributed by atoms with Gasteiger partial charge in [-0.2, -0.15) is 13.2 Å². The number of hydrogen-bond donors (Lipinski definition) is 2. The number of aliphatic hydroxyl groups is 1. The zero-order valence-corrected chi connectivity index (χ0v) is 14.6. The third-order valence-corrected chi connectivity index (χ3v) is 4.12. The van der Waals surface area contributed by atoms with E-state index >= 15 is 0 Å². The number of benzene rings is 2. The van der Waals surface area contributed by atoms with Gasteiger partial charge in [0.05, 0.1) is 0 Å². The summed E-state index contributed by atoms with van der Waals surface area (Å²) in [5, 5.41) is 13.4. The average Bonchev–Trinajstić information content (AvgIpc) is 2.59. The molecule has 2 nitrogen and oxygen atoms in total. The fourth-order valence-electron chi connectivity index (χ4n) is 2.76. The van der Waals surface area contributed by atoms with Crippen LogP contribution in [0.1, 0.15) is 31.4 Å². The molecule has 0 fully saturated rings. The molecule has 2 N–H and O–H groups in total. The zero-order chi connectivity index (χ0) is 19.2. The van der Waals surface area contributed by atoms with Crippen LogP contribution in [0, 0.1) is 11.8 Å². The van der Waals surface area contributed by atoms with Crippen LogP contribution in [0.2, 0.25) is 0 Å². The molecule has 2 aromatic rings. The molecular weight excluding hydrogens is 339 g/mol. The molecule has 0 aliphatic carbocycles. The van der Waals surface area contributed by atoms with Gasteiger partial charge in [-0.3, -0.25) is 5.32 Å². The van der Waals surface area contributed by atoms with Gasteiger partial charge < -0.3 is 5.11 Å². The van der Waals surface area contributed by atoms with Crippen molar-refractivity contribution in [2.45, 2.75) is 38.0 Å². The second-order valence-electron chi connectivity index (χ2n) is 6.13. The number of nitrogens with one attached hydrogen (secondary N) is 1. The van der Waals surface area contributed by atoms with Gasteiger partial charge >= 0.3 is 6.18 Å². The van der Waals surface area contributed by atoms with E-state index in [1.54, 1.807) is 6.92 Å². The number of aliphatic hydroxyl groups excluding tert-OH is 1. The minimum Gasteiger partial charge on any atom is -0.396 e. The second-order valence-corrected chi connectivity index (χ2v) is 6.13. The molecular formula is C21H22F3NO. The van der Waals surface area contributed by atoms with Crippen LogP contribution in [-0.2, 0) is 0 Å². The first-order chi connectivity index (χ1) is 12.3. The molecule has 0 saturated carbocycles. The minimum atomic E-state index is -4.41. The number of hydrogen-bond acceptors (Lipinski definition) is 2. The molecule has 2 rings (SSSR count). The SMILES string of the molecule is C=C(C#CC[C@@H](N[C@H](C)c1cccc2ccccc12)C(F)(F)F)CCO. The normalized spacial score (nSPS) is 13.7. The van der Waals surface area contributed by atoms with Crippen molar-refractivity contribution in [3.63, 3.8) is 0 Å². The quantitative estimate of drug-likeness (QED) is 0.728. The van der Waals surface area contributed by atoms with Gasteiger partial charge in [0.1, 0.15) is 6.04 Å². The largest absolute Gasteiger partial charge is 0.404 e. The van der Waals surface area contributed by atoms with Crippen LogP contribution in [0.25, 0.3) is 10.8 Å².